The number of amides is 1. The van der Waals surface area contributed by atoms with Gasteiger partial charge in [-0.3, -0.25) is 15.1 Å². The van der Waals surface area contributed by atoms with Crippen LogP contribution in [0.5, 0.6) is 5.75 Å². The molecule has 0 atom stereocenters. The summed E-state index contributed by atoms with van der Waals surface area (Å²) in [5.41, 5.74) is 7.14. The molecule has 0 unspecified atom stereocenters. The van der Waals surface area contributed by atoms with Crippen LogP contribution in [0.3, 0.4) is 0 Å². The van der Waals surface area contributed by atoms with Gasteiger partial charge in [-0.15, -0.1) is 0 Å². The lowest BCUT2D eigenvalue weighted by atomic mass is 9.84. The second-order valence-corrected chi connectivity index (χ2v) is 9.04. The molecule has 1 heterocycles. The van der Waals surface area contributed by atoms with E-state index in [0.717, 1.165) is 36.4 Å². The third kappa shape index (κ3) is 6.26. The molecule has 0 saturated carbocycles. The van der Waals surface area contributed by atoms with E-state index in [-0.39, 0.29) is 17.9 Å². The summed E-state index contributed by atoms with van der Waals surface area (Å²) in [6, 6.07) is 16.2. The quantitative estimate of drug-likeness (QED) is 0.425. The zero-order valence-corrected chi connectivity index (χ0v) is 19.8. The highest BCUT2D eigenvalue weighted by atomic mass is 16.6. The summed E-state index contributed by atoms with van der Waals surface area (Å²) in [7, 11) is 0. The Morgan fingerprint density at radius 3 is 2.82 bits per heavy atom. The van der Waals surface area contributed by atoms with Gasteiger partial charge in [0.05, 0.1) is 18.6 Å². The molecule has 1 aliphatic carbocycles. The van der Waals surface area contributed by atoms with Gasteiger partial charge in [0, 0.05) is 29.9 Å². The Morgan fingerprint density at radius 2 is 2.03 bits per heavy atom. The van der Waals surface area contributed by atoms with Crippen molar-refractivity contribution >= 4 is 11.6 Å². The van der Waals surface area contributed by atoms with Gasteiger partial charge in [-0.05, 0) is 42.2 Å². The lowest BCUT2D eigenvalue weighted by Gasteiger charge is -2.25. The normalized spacial score (nSPS) is 13.1. The Hall–Kier alpha value is -3.58. The van der Waals surface area contributed by atoms with E-state index in [0.29, 0.717) is 13.2 Å². The van der Waals surface area contributed by atoms with Gasteiger partial charge < -0.3 is 14.6 Å². The molecule has 2 aromatic carbocycles. The number of aromatic nitrogens is 2. The maximum absolute atomic E-state index is 12.3. The average Bonchev–Trinajstić information content (AvgIpc) is 3.37. The monoisotopic (exact) mass is 460 g/mol. The number of allylic oxidation sites excluding steroid dienone is 1. The van der Waals surface area contributed by atoms with E-state index >= 15 is 0 Å². The van der Waals surface area contributed by atoms with Crippen LogP contribution in [0.4, 0.5) is 0 Å². The molecule has 0 aliphatic heterocycles. The van der Waals surface area contributed by atoms with E-state index in [1.807, 2.05) is 41.1 Å². The zero-order chi connectivity index (χ0) is 23.8. The third-order valence-electron chi connectivity index (χ3n) is 5.97. The fraction of sp³-hybridized carbons (Fsp3) is 0.333. The highest BCUT2D eigenvalue weighted by Gasteiger charge is 2.21. The minimum absolute atomic E-state index is 0.0625. The highest BCUT2D eigenvalue weighted by Crippen LogP contribution is 2.28. The number of nitrogens with zero attached hydrogens (tertiary/aromatic N) is 2. The number of imidazole rings is 1. The number of rotatable bonds is 11. The summed E-state index contributed by atoms with van der Waals surface area (Å²) >= 11 is 0. The van der Waals surface area contributed by atoms with Crippen molar-refractivity contribution in [3.63, 3.8) is 0 Å². The van der Waals surface area contributed by atoms with E-state index < -0.39 is 0 Å². The van der Waals surface area contributed by atoms with Gasteiger partial charge in [0.25, 0.3) is 0 Å². The predicted octanol–water partition coefficient (Wildman–Crippen LogP) is 3.86. The molecule has 178 valence electrons. The van der Waals surface area contributed by atoms with Crippen molar-refractivity contribution in [1.29, 1.82) is 0 Å². The van der Waals surface area contributed by atoms with Gasteiger partial charge in [-0.2, -0.15) is 0 Å². The first-order chi connectivity index (χ1) is 16.5. The van der Waals surface area contributed by atoms with Gasteiger partial charge >= 0.3 is 0 Å². The second-order valence-electron chi connectivity index (χ2n) is 9.04. The number of carbonyl (C=O) groups is 1. The van der Waals surface area contributed by atoms with Crippen molar-refractivity contribution in [2.24, 2.45) is 0 Å². The molecule has 1 amide bonds. The van der Waals surface area contributed by atoms with Gasteiger partial charge in [0.1, 0.15) is 12.4 Å². The number of carbonyl (C=O) groups excluding carboxylic acids is 1. The fourth-order valence-electron chi connectivity index (χ4n) is 3.94. The largest absolute Gasteiger partial charge is 0.492 e. The Balaban J connectivity index is 1.23. The van der Waals surface area contributed by atoms with Crippen LogP contribution in [-0.4, -0.2) is 35.2 Å². The summed E-state index contributed by atoms with van der Waals surface area (Å²) in [6.07, 6.45) is 9.39. The number of hydrogen-bond donors (Lipinski definition) is 2. The lowest BCUT2D eigenvalue weighted by Crippen LogP contribution is -2.39. The van der Waals surface area contributed by atoms with Crippen molar-refractivity contribution in [2.45, 2.75) is 38.6 Å². The Labute approximate surface area is 200 Å². The topological polar surface area (TPSA) is 77.4 Å². The number of ether oxygens (including phenoxy) is 1. The Bertz CT molecular complexity index is 1110. The van der Waals surface area contributed by atoms with E-state index in [1.165, 1.54) is 11.1 Å². The maximum atomic E-state index is 12.3. The molecule has 4 rings (SSSR count). The number of hydroxylamine groups is 1. The van der Waals surface area contributed by atoms with E-state index in [4.69, 9.17) is 9.57 Å². The number of fused-ring (bicyclic) bond motifs is 1. The summed E-state index contributed by atoms with van der Waals surface area (Å²) in [6.45, 7) is 6.03. The third-order valence-corrected chi connectivity index (χ3v) is 5.97. The van der Waals surface area contributed by atoms with Crippen LogP contribution in [0.1, 0.15) is 37.0 Å². The van der Waals surface area contributed by atoms with Crippen molar-refractivity contribution < 1.29 is 14.4 Å². The van der Waals surface area contributed by atoms with Crippen LogP contribution in [0.2, 0.25) is 0 Å². The highest BCUT2D eigenvalue weighted by molar-refractivity contribution is 5.77. The summed E-state index contributed by atoms with van der Waals surface area (Å²) < 4.78 is 7.89. The first-order valence-electron chi connectivity index (χ1n) is 11.6. The first kappa shape index (κ1) is 23.6. The van der Waals surface area contributed by atoms with Crippen molar-refractivity contribution in [2.75, 3.05) is 19.8 Å². The van der Waals surface area contributed by atoms with Gasteiger partial charge in [0.2, 0.25) is 5.91 Å². The lowest BCUT2D eigenvalue weighted by molar-refractivity contribution is -0.127. The van der Waals surface area contributed by atoms with Crippen molar-refractivity contribution in [3.05, 3.63) is 90.0 Å². The number of benzene rings is 2. The predicted molar refractivity (Wildman–Crippen MR) is 132 cm³/mol. The molecule has 3 aromatic rings. The molecular formula is C27H32N4O3. The van der Waals surface area contributed by atoms with Gasteiger partial charge in [-0.25, -0.2) is 4.98 Å². The van der Waals surface area contributed by atoms with E-state index in [1.54, 1.807) is 12.5 Å². The molecule has 0 saturated heterocycles. The Morgan fingerprint density at radius 1 is 1.18 bits per heavy atom. The first-order valence-corrected chi connectivity index (χ1v) is 11.6. The van der Waals surface area contributed by atoms with Crippen LogP contribution in [-0.2, 0) is 28.0 Å². The summed E-state index contributed by atoms with van der Waals surface area (Å²) in [5.74, 6) is 0.691. The summed E-state index contributed by atoms with van der Waals surface area (Å²) in [4.78, 5) is 21.9. The number of nitrogens with one attached hydrogen (secondary N) is 2. The molecule has 2 N–H and O–H groups in total. The zero-order valence-electron chi connectivity index (χ0n) is 19.8. The van der Waals surface area contributed by atoms with E-state index in [9.17, 15) is 4.79 Å². The molecular weight excluding hydrogens is 428 g/mol. The van der Waals surface area contributed by atoms with Crippen LogP contribution in [0, 0.1) is 0 Å². The molecule has 1 aromatic heterocycles. The standard InChI is InChI=1S/C27H32N4O3/c1-27(2,22-8-4-3-5-9-22)19-29-26(32)18-34-30-25-10-6-7-21-17-23(11-12-24(21)25)33-16-15-31-14-13-28-20-31/h3-5,8-14,17,20,30H,6-7,15-16,18-19H2,1-2H3,(H,29,32). The molecule has 0 bridgehead atoms. The van der Waals surface area contributed by atoms with Crippen LogP contribution >= 0.6 is 0 Å². The minimum Gasteiger partial charge on any atom is -0.492 e. The molecule has 0 fully saturated rings. The molecule has 0 spiro atoms. The molecule has 1 aliphatic rings. The summed E-state index contributed by atoms with van der Waals surface area (Å²) in [5, 5.41) is 2.97. The molecule has 34 heavy (non-hydrogen) atoms. The Kier molecular flexibility index (Phi) is 7.65. The molecule has 7 nitrogen and oxygen atoms in total. The molecule has 0 radical (unpaired) electrons. The maximum Gasteiger partial charge on any atom is 0.248 e. The smallest absolute Gasteiger partial charge is 0.248 e. The van der Waals surface area contributed by atoms with Crippen molar-refractivity contribution in [3.8, 4) is 5.75 Å². The number of aryl methyl sites for hydroxylation is 1. The number of hydrogen-bond acceptors (Lipinski definition) is 5. The van der Waals surface area contributed by atoms with Gasteiger partial charge in [0.15, 0.2) is 6.61 Å². The van der Waals surface area contributed by atoms with Gasteiger partial charge in [-0.1, -0.05) is 50.3 Å². The van der Waals surface area contributed by atoms with Crippen LogP contribution < -0.4 is 15.5 Å². The molecule has 7 heteroatoms. The average molecular weight is 461 g/mol. The SMILES string of the molecule is CC(C)(CNC(=O)CONC1=CCCc2cc(OCCn3ccnc3)ccc21)c1ccccc1. The van der Waals surface area contributed by atoms with Crippen LogP contribution in [0.15, 0.2) is 73.3 Å². The fourth-order valence-corrected chi connectivity index (χ4v) is 3.94. The minimum atomic E-state index is -0.159. The van der Waals surface area contributed by atoms with E-state index in [2.05, 4.69) is 53.9 Å². The second kappa shape index (κ2) is 11.0. The van der Waals surface area contributed by atoms with Crippen LogP contribution in [0.25, 0.3) is 5.70 Å². The van der Waals surface area contributed by atoms with Crippen molar-refractivity contribution in [1.82, 2.24) is 20.3 Å².